The Morgan fingerprint density at radius 3 is 2.68 bits per heavy atom. The number of rotatable bonds is 4. The molecule has 2 saturated heterocycles. The molecule has 28 heavy (non-hydrogen) atoms. The predicted molar refractivity (Wildman–Crippen MR) is 112 cm³/mol. The maximum Gasteiger partial charge on any atom is 0.251 e. The zero-order chi connectivity index (χ0) is 18.5. The van der Waals surface area contributed by atoms with Crippen LogP contribution in [0.5, 0.6) is 0 Å². The Morgan fingerprint density at radius 1 is 1.29 bits per heavy atom. The Labute approximate surface area is 177 Å². The Hall–Kier alpha value is -1.19. The van der Waals surface area contributed by atoms with Gasteiger partial charge in [-0.05, 0) is 32.6 Å². The van der Waals surface area contributed by atoms with Gasteiger partial charge >= 0.3 is 0 Å². The molecule has 0 saturated carbocycles. The topological polar surface area (TPSA) is 113 Å². The lowest BCUT2D eigenvalue weighted by Crippen LogP contribution is -2.47. The van der Waals surface area contributed by atoms with Crippen molar-refractivity contribution in [1.82, 2.24) is 20.2 Å². The lowest BCUT2D eigenvalue weighted by Gasteiger charge is -2.35. The zero-order valence-corrected chi connectivity index (χ0v) is 17.8. The number of carbonyl (C=O) groups excluding carboxylic acids is 1. The molecular formula is C18H31Cl2N5O3. The quantitative estimate of drug-likeness (QED) is 0.642. The van der Waals surface area contributed by atoms with E-state index < -0.39 is 0 Å². The summed E-state index contributed by atoms with van der Waals surface area (Å²) < 4.78 is 5.46. The summed E-state index contributed by atoms with van der Waals surface area (Å²) >= 11 is 0. The molecule has 0 aromatic carbocycles. The molecule has 2 aliphatic rings. The molecule has 1 aromatic heterocycles. The third-order valence-electron chi connectivity index (χ3n) is 5.24. The first-order chi connectivity index (χ1) is 12.5. The van der Waals surface area contributed by atoms with Crippen LogP contribution in [0.4, 0.5) is 0 Å². The van der Waals surface area contributed by atoms with Gasteiger partial charge in [0.25, 0.3) is 5.56 Å². The number of hydrogen-bond donors (Lipinski definition) is 3. The van der Waals surface area contributed by atoms with Gasteiger partial charge in [0.1, 0.15) is 5.82 Å². The van der Waals surface area contributed by atoms with Crippen molar-refractivity contribution in [2.75, 3.05) is 26.3 Å². The number of carbonyl (C=O) groups is 1. The van der Waals surface area contributed by atoms with Crippen LogP contribution < -0.4 is 16.6 Å². The van der Waals surface area contributed by atoms with Crippen LogP contribution in [0, 0.1) is 12.8 Å². The summed E-state index contributed by atoms with van der Waals surface area (Å²) in [5, 5.41) is 2.94. The van der Waals surface area contributed by atoms with Crippen LogP contribution in [0.2, 0.25) is 0 Å². The molecule has 0 radical (unpaired) electrons. The highest BCUT2D eigenvalue weighted by atomic mass is 35.5. The molecule has 8 nitrogen and oxygen atoms in total. The lowest BCUT2D eigenvalue weighted by molar-refractivity contribution is -0.126. The van der Waals surface area contributed by atoms with Gasteiger partial charge < -0.3 is 20.8 Å². The Morgan fingerprint density at radius 2 is 2.00 bits per heavy atom. The van der Waals surface area contributed by atoms with Crippen molar-refractivity contribution in [2.45, 2.75) is 51.2 Å². The molecule has 3 heterocycles. The highest BCUT2D eigenvalue weighted by molar-refractivity contribution is 5.85. The minimum atomic E-state index is -0.201. The van der Waals surface area contributed by atoms with Crippen molar-refractivity contribution < 1.29 is 9.53 Å². The Kier molecular flexibility index (Phi) is 10.4. The Balaban J connectivity index is 0.00000196. The number of nitrogens with one attached hydrogen (secondary N) is 2. The summed E-state index contributed by atoms with van der Waals surface area (Å²) in [7, 11) is 0. The van der Waals surface area contributed by atoms with Crippen LogP contribution in [-0.2, 0) is 16.1 Å². The highest BCUT2D eigenvalue weighted by Gasteiger charge is 2.31. The van der Waals surface area contributed by atoms with Crippen molar-refractivity contribution in [3.8, 4) is 0 Å². The van der Waals surface area contributed by atoms with Gasteiger partial charge in [-0.25, -0.2) is 4.98 Å². The molecule has 2 fully saturated rings. The van der Waals surface area contributed by atoms with E-state index in [0.717, 1.165) is 52.0 Å². The Bertz CT molecular complexity index is 681. The second kappa shape index (κ2) is 11.7. The van der Waals surface area contributed by atoms with Crippen molar-refractivity contribution in [3.63, 3.8) is 0 Å². The summed E-state index contributed by atoms with van der Waals surface area (Å²) in [4.78, 5) is 33.5. The summed E-state index contributed by atoms with van der Waals surface area (Å²) in [6.07, 6.45) is 3.63. The molecule has 1 aromatic rings. The van der Waals surface area contributed by atoms with Crippen LogP contribution >= 0.6 is 24.8 Å². The first-order valence-electron chi connectivity index (χ1n) is 9.43. The fraction of sp³-hybridized carbons (Fsp3) is 0.722. The number of H-pyrrole nitrogens is 1. The first kappa shape index (κ1) is 24.8. The van der Waals surface area contributed by atoms with Crippen molar-refractivity contribution >= 4 is 30.7 Å². The second-order valence-corrected chi connectivity index (χ2v) is 7.37. The average Bonchev–Trinajstić information content (AvgIpc) is 2.81. The molecule has 10 heteroatoms. The van der Waals surface area contributed by atoms with E-state index >= 15 is 0 Å². The second-order valence-electron chi connectivity index (χ2n) is 7.37. The van der Waals surface area contributed by atoms with E-state index in [2.05, 4.69) is 20.2 Å². The van der Waals surface area contributed by atoms with Crippen LogP contribution in [-0.4, -0.2) is 59.2 Å². The number of halogens is 2. The predicted octanol–water partition coefficient (Wildman–Crippen LogP) is 0.756. The number of ether oxygens (including phenoxy) is 1. The van der Waals surface area contributed by atoms with Crippen LogP contribution in [0.25, 0.3) is 0 Å². The molecule has 4 N–H and O–H groups in total. The number of likely N-dealkylation sites (tertiary alicyclic amines) is 1. The summed E-state index contributed by atoms with van der Waals surface area (Å²) in [5.74, 6) is 0.471. The molecule has 160 valence electrons. The van der Waals surface area contributed by atoms with E-state index in [1.54, 1.807) is 6.92 Å². The van der Waals surface area contributed by atoms with Gasteiger partial charge in [0, 0.05) is 44.5 Å². The van der Waals surface area contributed by atoms with Gasteiger partial charge in [0.2, 0.25) is 5.91 Å². The van der Waals surface area contributed by atoms with Crippen LogP contribution in [0.3, 0.4) is 0 Å². The molecule has 0 spiro atoms. The molecule has 1 amide bonds. The molecule has 2 aliphatic heterocycles. The van der Waals surface area contributed by atoms with E-state index in [0.29, 0.717) is 17.6 Å². The molecule has 3 rings (SSSR count). The largest absolute Gasteiger partial charge is 0.381 e. The van der Waals surface area contributed by atoms with E-state index in [4.69, 9.17) is 10.5 Å². The molecule has 0 unspecified atom stereocenters. The number of aromatic nitrogens is 2. The number of aromatic amines is 1. The van der Waals surface area contributed by atoms with Crippen LogP contribution in [0.1, 0.15) is 37.2 Å². The number of hydrogen-bond acceptors (Lipinski definition) is 6. The van der Waals surface area contributed by atoms with Gasteiger partial charge in [-0.1, -0.05) is 0 Å². The van der Waals surface area contributed by atoms with Crippen molar-refractivity contribution in [1.29, 1.82) is 0 Å². The van der Waals surface area contributed by atoms with Gasteiger partial charge in [-0.15, -0.1) is 24.8 Å². The normalized spacial score (nSPS) is 23.8. The van der Waals surface area contributed by atoms with Gasteiger partial charge in [0.15, 0.2) is 0 Å². The number of nitrogens with zero attached hydrogens (tertiary/aromatic N) is 2. The average molecular weight is 436 g/mol. The maximum atomic E-state index is 12.7. The third-order valence-corrected chi connectivity index (χ3v) is 5.24. The molecule has 0 bridgehead atoms. The first-order valence-corrected chi connectivity index (χ1v) is 9.43. The van der Waals surface area contributed by atoms with Gasteiger partial charge in [-0.3, -0.25) is 14.5 Å². The molecule has 0 aliphatic carbocycles. The number of aryl methyl sites for hydroxylation is 1. The minimum absolute atomic E-state index is 0. The van der Waals surface area contributed by atoms with Crippen LogP contribution in [0.15, 0.2) is 10.9 Å². The van der Waals surface area contributed by atoms with Gasteiger partial charge in [-0.2, -0.15) is 0 Å². The van der Waals surface area contributed by atoms with Crippen molar-refractivity contribution in [2.24, 2.45) is 11.7 Å². The number of amides is 1. The monoisotopic (exact) mass is 435 g/mol. The van der Waals surface area contributed by atoms with E-state index in [9.17, 15) is 9.59 Å². The fourth-order valence-corrected chi connectivity index (χ4v) is 3.87. The minimum Gasteiger partial charge on any atom is -0.381 e. The molecule has 2 atom stereocenters. The number of nitrogens with two attached hydrogens (primary N) is 1. The smallest absolute Gasteiger partial charge is 0.251 e. The van der Waals surface area contributed by atoms with Crippen molar-refractivity contribution in [3.05, 3.63) is 27.9 Å². The summed E-state index contributed by atoms with van der Waals surface area (Å²) in [6, 6.07) is 1.97. The SMILES string of the molecule is Cc1nc(CNC(=O)[C@@H]2CC[C@H](N)CN(C3CCOCC3)C2)cc(=O)[nH]1.Cl.Cl. The summed E-state index contributed by atoms with van der Waals surface area (Å²) in [6.45, 7) is 5.12. The lowest BCUT2D eigenvalue weighted by atomic mass is 10.0. The summed E-state index contributed by atoms with van der Waals surface area (Å²) in [5.41, 5.74) is 6.61. The van der Waals surface area contributed by atoms with E-state index in [1.165, 1.54) is 6.07 Å². The van der Waals surface area contributed by atoms with E-state index in [-0.39, 0.29) is 54.8 Å². The fourth-order valence-electron chi connectivity index (χ4n) is 3.87. The van der Waals surface area contributed by atoms with E-state index in [1.807, 2.05) is 0 Å². The standard InChI is InChI=1S/C18H29N5O3.2ClH/c1-12-21-15(8-17(24)22-12)9-20-18(25)13-2-3-14(19)11-23(10-13)16-4-6-26-7-5-16;;/h8,13-14,16H,2-7,9-11,19H2,1H3,(H,20,25)(H,21,22,24);2*1H/t13-,14+;;/m1../s1. The molecular weight excluding hydrogens is 405 g/mol. The zero-order valence-electron chi connectivity index (χ0n) is 16.2. The third kappa shape index (κ3) is 7.00. The maximum absolute atomic E-state index is 12.7. The highest BCUT2D eigenvalue weighted by Crippen LogP contribution is 2.22. The van der Waals surface area contributed by atoms with Gasteiger partial charge in [0.05, 0.1) is 18.2 Å².